The molecule has 2 aromatic rings. The van der Waals surface area contributed by atoms with Gasteiger partial charge in [-0.25, -0.2) is 0 Å². The molecule has 0 aromatic heterocycles. The number of carbonyl (C=O) groups is 4. The summed E-state index contributed by atoms with van der Waals surface area (Å²) in [5, 5.41) is 2.75. The highest BCUT2D eigenvalue weighted by Gasteiger charge is 2.44. The number of hydrogen-bond donors (Lipinski definition) is 1. The molecule has 178 valence electrons. The molecule has 4 rings (SSSR count). The third-order valence-electron chi connectivity index (χ3n) is 6.63. The molecule has 0 atom stereocenters. The minimum absolute atomic E-state index is 0.0210. The van der Waals surface area contributed by atoms with E-state index < -0.39 is 23.9 Å². The molecule has 3 amide bonds. The highest BCUT2D eigenvalue weighted by molar-refractivity contribution is 5.97. The van der Waals surface area contributed by atoms with Gasteiger partial charge in [0.2, 0.25) is 11.8 Å². The second-order valence-electron chi connectivity index (χ2n) is 8.78. The summed E-state index contributed by atoms with van der Waals surface area (Å²) in [5.41, 5.74) is 1.19. The molecule has 2 aliphatic rings. The van der Waals surface area contributed by atoms with Gasteiger partial charge in [0.25, 0.3) is 5.91 Å². The molecule has 2 aliphatic heterocycles. The predicted molar refractivity (Wildman–Crippen MR) is 127 cm³/mol. The number of nitrogens with zero attached hydrogens (tertiary/aromatic N) is 2. The Hall–Kier alpha value is -3.68. The van der Waals surface area contributed by atoms with Crippen LogP contribution in [0.5, 0.6) is 0 Å². The lowest BCUT2D eigenvalue weighted by Gasteiger charge is -2.40. The molecule has 34 heavy (non-hydrogen) atoms. The summed E-state index contributed by atoms with van der Waals surface area (Å²) in [6.45, 7) is 2.67. The number of ether oxygens (including phenoxy) is 1. The maximum Gasteiger partial charge on any atom is 0.317 e. The summed E-state index contributed by atoms with van der Waals surface area (Å²) < 4.78 is 5.50. The Balaban J connectivity index is 1.41. The number of likely N-dealkylation sites (tertiary alicyclic amines) is 1. The van der Waals surface area contributed by atoms with Crippen LogP contribution in [-0.2, 0) is 29.3 Å². The first-order valence-electron chi connectivity index (χ1n) is 11.6. The number of piperidine rings is 1. The summed E-state index contributed by atoms with van der Waals surface area (Å²) in [4.78, 5) is 53.0. The quantitative estimate of drug-likeness (QED) is 0.665. The van der Waals surface area contributed by atoms with Crippen LogP contribution >= 0.6 is 0 Å². The van der Waals surface area contributed by atoms with Gasteiger partial charge in [-0.15, -0.1) is 0 Å². The SMILES string of the molecule is CC(=O)N1CCC(C(=O)OCC(=O)Nc2cccc(N3CCCC3=O)c2)(c2ccccc2)CC1. The van der Waals surface area contributed by atoms with Crippen molar-refractivity contribution in [1.82, 2.24) is 4.90 Å². The summed E-state index contributed by atoms with van der Waals surface area (Å²) in [7, 11) is 0. The zero-order chi connectivity index (χ0) is 24.1. The molecule has 0 bridgehead atoms. The van der Waals surface area contributed by atoms with Crippen LogP contribution in [-0.4, -0.2) is 54.8 Å². The Morgan fingerprint density at radius 1 is 1.00 bits per heavy atom. The Kier molecular flexibility index (Phi) is 6.95. The molecule has 1 N–H and O–H groups in total. The molecule has 2 saturated heterocycles. The third kappa shape index (κ3) is 4.95. The lowest BCUT2D eigenvalue weighted by Crippen LogP contribution is -2.49. The van der Waals surface area contributed by atoms with Crippen molar-refractivity contribution in [2.45, 2.75) is 38.0 Å². The van der Waals surface area contributed by atoms with Crippen molar-refractivity contribution in [1.29, 1.82) is 0 Å². The van der Waals surface area contributed by atoms with Gasteiger partial charge < -0.3 is 19.9 Å². The van der Waals surface area contributed by atoms with Gasteiger partial charge in [0.05, 0.1) is 5.41 Å². The number of benzene rings is 2. The van der Waals surface area contributed by atoms with Crippen LogP contribution in [0.4, 0.5) is 11.4 Å². The van der Waals surface area contributed by atoms with E-state index >= 15 is 0 Å². The van der Waals surface area contributed by atoms with Crippen LogP contribution in [0.1, 0.15) is 38.2 Å². The van der Waals surface area contributed by atoms with Gasteiger partial charge in [-0.1, -0.05) is 36.4 Å². The van der Waals surface area contributed by atoms with E-state index in [0.29, 0.717) is 44.6 Å². The van der Waals surface area contributed by atoms with Gasteiger partial charge in [-0.05, 0) is 43.0 Å². The average molecular weight is 464 g/mol. The topological polar surface area (TPSA) is 96.0 Å². The lowest BCUT2D eigenvalue weighted by molar-refractivity contribution is -0.156. The number of esters is 1. The van der Waals surface area contributed by atoms with Gasteiger partial charge in [-0.2, -0.15) is 0 Å². The van der Waals surface area contributed by atoms with E-state index in [4.69, 9.17) is 4.74 Å². The third-order valence-corrected chi connectivity index (χ3v) is 6.63. The van der Waals surface area contributed by atoms with Crippen LogP contribution in [0.3, 0.4) is 0 Å². The largest absolute Gasteiger partial charge is 0.455 e. The second kappa shape index (κ2) is 10.1. The lowest BCUT2D eigenvalue weighted by atomic mass is 9.72. The summed E-state index contributed by atoms with van der Waals surface area (Å²) in [6.07, 6.45) is 2.21. The molecule has 2 heterocycles. The van der Waals surface area contributed by atoms with Crippen LogP contribution in [0.2, 0.25) is 0 Å². The maximum absolute atomic E-state index is 13.3. The van der Waals surface area contributed by atoms with E-state index in [0.717, 1.165) is 17.7 Å². The highest BCUT2D eigenvalue weighted by atomic mass is 16.5. The van der Waals surface area contributed by atoms with E-state index in [2.05, 4.69) is 5.32 Å². The Morgan fingerprint density at radius 2 is 1.74 bits per heavy atom. The standard InChI is InChI=1S/C26H29N3O5/c1-19(30)28-15-12-26(13-16-28,20-7-3-2-4-8-20)25(33)34-18-23(31)27-21-9-5-10-22(17-21)29-14-6-11-24(29)32/h2-5,7-10,17H,6,11-16,18H2,1H3,(H,27,31). The fourth-order valence-electron chi connectivity index (χ4n) is 4.71. The first-order valence-corrected chi connectivity index (χ1v) is 11.6. The second-order valence-corrected chi connectivity index (χ2v) is 8.78. The minimum Gasteiger partial charge on any atom is -0.455 e. The summed E-state index contributed by atoms with van der Waals surface area (Å²) in [6, 6.07) is 16.5. The molecule has 8 heteroatoms. The van der Waals surface area contributed by atoms with E-state index in [1.54, 1.807) is 28.0 Å². The number of amides is 3. The molecule has 2 fully saturated rings. The van der Waals surface area contributed by atoms with Crippen molar-refractivity contribution in [3.63, 3.8) is 0 Å². The Morgan fingerprint density at radius 3 is 2.38 bits per heavy atom. The summed E-state index contributed by atoms with van der Waals surface area (Å²) in [5.74, 6) is -0.872. The van der Waals surface area contributed by atoms with Gasteiger partial charge in [0, 0.05) is 44.4 Å². The number of hydrogen-bond acceptors (Lipinski definition) is 5. The fraction of sp³-hybridized carbons (Fsp3) is 0.385. The molecule has 0 aliphatic carbocycles. The van der Waals surface area contributed by atoms with E-state index in [-0.39, 0.29) is 11.8 Å². The van der Waals surface area contributed by atoms with E-state index in [9.17, 15) is 19.2 Å². The van der Waals surface area contributed by atoms with Crippen molar-refractivity contribution >= 4 is 35.1 Å². The highest BCUT2D eigenvalue weighted by Crippen LogP contribution is 2.37. The zero-order valence-corrected chi connectivity index (χ0v) is 19.3. The Bertz CT molecular complexity index is 1080. The molecule has 2 aromatic carbocycles. The van der Waals surface area contributed by atoms with Crippen molar-refractivity contribution in [3.05, 3.63) is 60.2 Å². The van der Waals surface area contributed by atoms with Gasteiger partial charge in [-0.3, -0.25) is 19.2 Å². The van der Waals surface area contributed by atoms with Crippen LogP contribution in [0.15, 0.2) is 54.6 Å². The normalized spacial score (nSPS) is 17.4. The number of nitrogens with one attached hydrogen (secondary N) is 1. The molecule has 0 spiro atoms. The van der Waals surface area contributed by atoms with Crippen molar-refractivity contribution in [2.24, 2.45) is 0 Å². The predicted octanol–water partition coefficient (Wildman–Crippen LogP) is 2.88. The van der Waals surface area contributed by atoms with Crippen molar-refractivity contribution < 1.29 is 23.9 Å². The van der Waals surface area contributed by atoms with E-state index in [1.807, 2.05) is 36.4 Å². The Labute approximate surface area is 198 Å². The minimum atomic E-state index is -0.899. The molecular weight excluding hydrogens is 434 g/mol. The number of anilines is 2. The van der Waals surface area contributed by atoms with Crippen LogP contribution in [0, 0.1) is 0 Å². The number of rotatable bonds is 6. The van der Waals surface area contributed by atoms with E-state index in [1.165, 1.54) is 6.92 Å². The molecule has 8 nitrogen and oxygen atoms in total. The first-order chi connectivity index (χ1) is 16.4. The first kappa shape index (κ1) is 23.5. The van der Waals surface area contributed by atoms with Gasteiger partial charge in [0.15, 0.2) is 6.61 Å². The average Bonchev–Trinajstić information content (AvgIpc) is 3.29. The molecular formula is C26H29N3O5. The van der Waals surface area contributed by atoms with Crippen molar-refractivity contribution in [3.8, 4) is 0 Å². The zero-order valence-electron chi connectivity index (χ0n) is 19.3. The molecule has 0 radical (unpaired) electrons. The van der Waals surface area contributed by atoms with Gasteiger partial charge >= 0.3 is 5.97 Å². The summed E-state index contributed by atoms with van der Waals surface area (Å²) >= 11 is 0. The maximum atomic E-state index is 13.3. The smallest absolute Gasteiger partial charge is 0.317 e. The van der Waals surface area contributed by atoms with Crippen LogP contribution < -0.4 is 10.2 Å². The molecule has 0 unspecified atom stereocenters. The van der Waals surface area contributed by atoms with Crippen molar-refractivity contribution in [2.75, 3.05) is 36.5 Å². The number of carbonyl (C=O) groups excluding carboxylic acids is 4. The van der Waals surface area contributed by atoms with Gasteiger partial charge in [0.1, 0.15) is 0 Å². The molecule has 0 saturated carbocycles. The van der Waals surface area contributed by atoms with Crippen LogP contribution in [0.25, 0.3) is 0 Å². The fourth-order valence-corrected chi connectivity index (χ4v) is 4.71. The monoisotopic (exact) mass is 463 g/mol.